The SMILES string of the molecule is COCCNCc1ccc(SCCc2ccccc2)cc1. The molecule has 0 radical (unpaired) electrons. The Bertz CT molecular complexity index is 498. The molecule has 2 aromatic carbocycles. The average molecular weight is 301 g/mol. The predicted molar refractivity (Wildman–Crippen MR) is 90.9 cm³/mol. The van der Waals surface area contributed by atoms with Crippen LogP contribution in [0, 0.1) is 0 Å². The van der Waals surface area contributed by atoms with Crippen LogP contribution in [0.15, 0.2) is 59.5 Å². The minimum atomic E-state index is 0.757. The third-order valence-electron chi connectivity index (χ3n) is 3.24. The topological polar surface area (TPSA) is 21.3 Å². The second kappa shape index (κ2) is 9.61. The molecule has 2 nitrogen and oxygen atoms in total. The third kappa shape index (κ3) is 6.34. The average Bonchev–Trinajstić information content (AvgIpc) is 2.54. The summed E-state index contributed by atoms with van der Waals surface area (Å²) in [5, 5.41) is 3.35. The standard InChI is InChI=1S/C18H23NOS/c1-20-13-12-19-15-17-7-9-18(10-8-17)21-14-11-16-5-3-2-4-6-16/h2-10,19H,11-15H2,1H3. The van der Waals surface area contributed by atoms with Gasteiger partial charge in [0.2, 0.25) is 0 Å². The van der Waals surface area contributed by atoms with E-state index >= 15 is 0 Å². The van der Waals surface area contributed by atoms with Crippen molar-refractivity contribution >= 4 is 11.8 Å². The highest BCUT2D eigenvalue weighted by atomic mass is 32.2. The van der Waals surface area contributed by atoms with Gasteiger partial charge in [0.25, 0.3) is 0 Å². The largest absolute Gasteiger partial charge is 0.383 e. The number of thioether (sulfide) groups is 1. The van der Waals surface area contributed by atoms with E-state index in [9.17, 15) is 0 Å². The summed E-state index contributed by atoms with van der Waals surface area (Å²) in [5.74, 6) is 1.12. The maximum Gasteiger partial charge on any atom is 0.0587 e. The quantitative estimate of drug-likeness (QED) is 0.563. The first-order valence-corrected chi connectivity index (χ1v) is 8.32. The van der Waals surface area contributed by atoms with Crippen LogP contribution in [0.4, 0.5) is 0 Å². The van der Waals surface area contributed by atoms with Crippen molar-refractivity contribution < 1.29 is 4.74 Å². The molecule has 0 spiro atoms. The second-order valence-corrected chi connectivity index (χ2v) is 6.07. The molecule has 0 heterocycles. The number of methoxy groups -OCH3 is 1. The number of hydrogen-bond acceptors (Lipinski definition) is 3. The first kappa shape index (κ1) is 16.1. The van der Waals surface area contributed by atoms with Crippen molar-refractivity contribution in [2.24, 2.45) is 0 Å². The lowest BCUT2D eigenvalue weighted by molar-refractivity contribution is 0.199. The molecule has 0 saturated carbocycles. The van der Waals surface area contributed by atoms with E-state index < -0.39 is 0 Å². The summed E-state index contributed by atoms with van der Waals surface area (Å²) in [6, 6.07) is 19.5. The summed E-state index contributed by atoms with van der Waals surface area (Å²) in [7, 11) is 1.73. The predicted octanol–water partition coefficient (Wildman–Crippen LogP) is 3.76. The van der Waals surface area contributed by atoms with Crippen LogP contribution in [-0.4, -0.2) is 26.0 Å². The van der Waals surface area contributed by atoms with E-state index in [-0.39, 0.29) is 0 Å². The van der Waals surface area contributed by atoms with Gasteiger partial charge in [0.15, 0.2) is 0 Å². The summed E-state index contributed by atoms with van der Waals surface area (Å²) in [6.07, 6.45) is 1.12. The second-order valence-electron chi connectivity index (χ2n) is 4.90. The smallest absolute Gasteiger partial charge is 0.0587 e. The monoisotopic (exact) mass is 301 g/mol. The van der Waals surface area contributed by atoms with Gasteiger partial charge in [0, 0.05) is 30.8 Å². The molecule has 0 aromatic heterocycles. The van der Waals surface area contributed by atoms with Crippen LogP contribution in [0.1, 0.15) is 11.1 Å². The van der Waals surface area contributed by atoms with Crippen LogP contribution in [0.5, 0.6) is 0 Å². The van der Waals surface area contributed by atoms with Crippen LogP contribution >= 0.6 is 11.8 Å². The Morgan fingerprint density at radius 1 is 0.952 bits per heavy atom. The summed E-state index contributed by atoms with van der Waals surface area (Å²) in [5.41, 5.74) is 2.72. The first-order chi connectivity index (χ1) is 10.4. The molecule has 0 aliphatic heterocycles. The zero-order chi connectivity index (χ0) is 14.8. The lowest BCUT2D eigenvalue weighted by Crippen LogP contribution is -2.18. The highest BCUT2D eigenvalue weighted by Gasteiger charge is 1.97. The van der Waals surface area contributed by atoms with Gasteiger partial charge in [0.1, 0.15) is 0 Å². The van der Waals surface area contributed by atoms with Gasteiger partial charge in [-0.25, -0.2) is 0 Å². The minimum absolute atomic E-state index is 0.757. The molecule has 21 heavy (non-hydrogen) atoms. The molecule has 0 unspecified atom stereocenters. The fourth-order valence-corrected chi connectivity index (χ4v) is 2.94. The number of hydrogen-bond donors (Lipinski definition) is 1. The molecule has 0 aliphatic carbocycles. The summed E-state index contributed by atoms with van der Waals surface area (Å²) >= 11 is 1.92. The van der Waals surface area contributed by atoms with Crippen LogP contribution in [0.3, 0.4) is 0 Å². The molecule has 0 fully saturated rings. The number of aryl methyl sites for hydroxylation is 1. The Hall–Kier alpha value is -1.29. The number of ether oxygens (including phenoxy) is 1. The zero-order valence-electron chi connectivity index (χ0n) is 12.5. The maximum absolute atomic E-state index is 5.01. The van der Waals surface area contributed by atoms with Crippen LogP contribution in [-0.2, 0) is 17.7 Å². The van der Waals surface area contributed by atoms with E-state index in [1.165, 1.54) is 16.0 Å². The van der Waals surface area contributed by atoms with E-state index in [2.05, 4.69) is 59.9 Å². The Kier molecular flexibility index (Phi) is 7.36. The number of benzene rings is 2. The van der Waals surface area contributed by atoms with Crippen LogP contribution in [0.2, 0.25) is 0 Å². The van der Waals surface area contributed by atoms with Gasteiger partial charge >= 0.3 is 0 Å². The fraction of sp³-hybridized carbons (Fsp3) is 0.333. The van der Waals surface area contributed by atoms with Crippen LogP contribution in [0.25, 0.3) is 0 Å². The van der Waals surface area contributed by atoms with Gasteiger partial charge < -0.3 is 10.1 Å². The van der Waals surface area contributed by atoms with Crippen molar-refractivity contribution in [1.29, 1.82) is 0 Å². The molecule has 2 aromatic rings. The molecule has 0 saturated heterocycles. The molecule has 0 atom stereocenters. The molecule has 0 bridgehead atoms. The molecular formula is C18H23NOS. The van der Waals surface area contributed by atoms with Crippen molar-refractivity contribution in [3.05, 3.63) is 65.7 Å². The van der Waals surface area contributed by atoms with Crippen molar-refractivity contribution in [3.63, 3.8) is 0 Å². The highest BCUT2D eigenvalue weighted by Crippen LogP contribution is 2.19. The Morgan fingerprint density at radius 3 is 2.43 bits per heavy atom. The highest BCUT2D eigenvalue weighted by molar-refractivity contribution is 7.99. The number of nitrogens with one attached hydrogen (secondary N) is 1. The van der Waals surface area contributed by atoms with Gasteiger partial charge in [-0.3, -0.25) is 0 Å². The van der Waals surface area contributed by atoms with Gasteiger partial charge in [-0.15, -0.1) is 11.8 Å². The lowest BCUT2D eigenvalue weighted by atomic mass is 10.2. The van der Waals surface area contributed by atoms with Crippen molar-refractivity contribution in [2.75, 3.05) is 26.0 Å². The van der Waals surface area contributed by atoms with Gasteiger partial charge in [-0.2, -0.15) is 0 Å². The third-order valence-corrected chi connectivity index (χ3v) is 4.25. The Labute approximate surface area is 131 Å². The normalized spacial score (nSPS) is 10.7. The van der Waals surface area contributed by atoms with E-state index in [0.717, 1.165) is 31.9 Å². The van der Waals surface area contributed by atoms with Crippen molar-refractivity contribution in [1.82, 2.24) is 5.32 Å². The molecule has 112 valence electrons. The molecule has 2 rings (SSSR count). The molecule has 0 amide bonds. The van der Waals surface area contributed by atoms with Crippen molar-refractivity contribution in [2.45, 2.75) is 17.9 Å². The van der Waals surface area contributed by atoms with E-state index in [0.29, 0.717) is 0 Å². The lowest BCUT2D eigenvalue weighted by Gasteiger charge is -2.06. The van der Waals surface area contributed by atoms with Gasteiger partial charge in [-0.05, 0) is 29.7 Å². The molecular weight excluding hydrogens is 278 g/mol. The molecule has 0 aliphatic rings. The minimum Gasteiger partial charge on any atom is -0.383 e. The molecule has 3 heteroatoms. The van der Waals surface area contributed by atoms with Crippen LogP contribution < -0.4 is 5.32 Å². The van der Waals surface area contributed by atoms with E-state index in [4.69, 9.17) is 4.74 Å². The summed E-state index contributed by atoms with van der Waals surface area (Å²) in [6.45, 7) is 2.55. The molecule has 1 N–H and O–H groups in total. The first-order valence-electron chi connectivity index (χ1n) is 7.34. The zero-order valence-corrected chi connectivity index (χ0v) is 13.4. The van der Waals surface area contributed by atoms with Gasteiger partial charge in [-0.1, -0.05) is 42.5 Å². The fourth-order valence-electron chi connectivity index (χ4n) is 2.04. The maximum atomic E-state index is 5.01. The van der Waals surface area contributed by atoms with Crippen molar-refractivity contribution in [3.8, 4) is 0 Å². The summed E-state index contributed by atoms with van der Waals surface area (Å²) in [4.78, 5) is 1.34. The van der Waals surface area contributed by atoms with Gasteiger partial charge in [0.05, 0.1) is 6.61 Å². The Morgan fingerprint density at radius 2 is 1.71 bits per heavy atom. The Balaban J connectivity index is 1.69. The van der Waals surface area contributed by atoms with E-state index in [1.54, 1.807) is 7.11 Å². The number of rotatable bonds is 9. The van der Waals surface area contributed by atoms with E-state index in [1.807, 2.05) is 11.8 Å². The summed E-state index contributed by atoms with van der Waals surface area (Å²) < 4.78 is 5.01.